The molecule has 0 bridgehead atoms. The Hall–Kier alpha value is -2.98. The Morgan fingerprint density at radius 1 is 1.06 bits per heavy atom. The number of carbonyl (C=O) groups is 4. The molecule has 1 heterocycles. The zero-order chi connectivity index (χ0) is 24.2. The monoisotopic (exact) mass is 489 g/mol. The largest absolute Gasteiger partial charge is 0.497 e. The van der Waals surface area contributed by atoms with Crippen LogP contribution in [0.25, 0.3) is 0 Å². The fraction of sp³-hybridized carbons (Fsp3) is 0.304. The molecule has 8 nitrogen and oxygen atoms in total. The molecule has 10 heteroatoms. The van der Waals surface area contributed by atoms with Gasteiger partial charge < -0.3 is 15.4 Å². The van der Waals surface area contributed by atoms with Crippen LogP contribution in [0.5, 0.6) is 5.75 Å². The number of nitrogens with zero attached hydrogens (tertiary/aromatic N) is 1. The lowest BCUT2D eigenvalue weighted by atomic mass is 10.1. The summed E-state index contributed by atoms with van der Waals surface area (Å²) in [5.41, 5.74) is 1.13. The lowest BCUT2D eigenvalue weighted by molar-refractivity contribution is -0.131. The summed E-state index contributed by atoms with van der Waals surface area (Å²) in [4.78, 5) is 51.5. The molecule has 0 saturated carbocycles. The SMILES string of the molecule is COc1ccc(C(NC(=O)CN2C(=O)CSC2=O)C(=O)Nc2ccc(S(C)(C)C)cc2)cc1. The average molecular weight is 490 g/mol. The number of amides is 4. The van der Waals surface area contributed by atoms with Crippen molar-refractivity contribution in [2.75, 3.05) is 43.5 Å². The van der Waals surface area contributed by atoms with Crippen LogP contribution < -0.4 is 15.4 Å². The second-order valence-electron chi connectivity index (χ2n) is 8.16. The maximum Gasteiger partial charge on any atom is 0.289 e. The molecule has 0 radical (unpaired) electrons. The molecule has 4 amide bonds. The number of hydrogen-bond donors (Lipinski definition) is 2. The van der Waals surface area contributed by atoms with Crippen LogP contribution in [0, 0.1) is 0 Å². The van der Waals surface area contributed by atoms with Crippen molar-refractivity contribution in [3.05, 3.63) is 54.1 Å². The summed E-state index contributed by atoms with van der Waals surface area (Å²) in [6.07, 6.45) is 6.55. The molecule has 0 aliphatic carbocycles. The highest BCUT2D eigenvalue weighted by molar-refractivity contribution is 8.32. The van der Waals surface area contributed by atoms with Crippen LogP contribution in [-0.4, -0.2) is 66.0 Å². The normalized spacial score (nSPS) is 15.2. The van der Waals surface area contributed by atoms with Crippen molar-refractivity contribution in [3.63, 3.8) is 0 Å². The summed E-state index contributed by atoms with van der Waals surface area (Å²) in [7, 11) is 0.640. The molecular formula is C23H27N3O5S2. The molecule has 2 N–H and O–H groups in total. The van der Waals surface area contributed by atoms with E-state index in [1.807, 2.05) is 24.3 Å². The number of imide groups is 1. The highest BCUT2D eigenvalue weighted by Gasteiger charge is 2.33. The predicted octanol–water partition coefficient (Wildman–Crippen LogP) is 3.24. The van der Waals surface area contributed by atoms with E-state index < -0.39 is 45.6 Å². The van der Waals surface area contributed by atoms with Gasteiger partial charge in [-0.05, 0) is 65.6 Å². The fourth-order valence-corrected chi connectivity index (χ4v) is 4.82. The minimum absolute atomic E-state index is 0.0147. The van der Waals surface area contributed by atoms with Crippen LogP contribution in [0.3, 0.4) is 0 Å². The maximum absolute atomic E-state index is 13.1. The number of hydrogen-bond acceptors (Lipinski definition) is 6. The molecule has 1 aliphatic rings. The van der Waals surface area contributed by atoms with E-state index in [2.05, 4.69) is 29.4 Å². The van der Waals surface area contributed by atoms with E-state index in [9.17, 15) is 19.2 Å². The van der Waals surface area contributed by atoms with E-state index in [1.54, 1.807) is 24.3 Å². The highest BCUT2D eigenvalue weighted by Crippen LogP contribution is 2.45. The third kappa shape index (κ3) is 6.29. The van der Waals surface area contributed by atoms with E-state index in [0.717, 1.165) is 16.7 Å². The minimum Gasteiger partial charge on any atom is -0.497 e. The van der Waals surface area contributed by atoms with Crippen molar-refractivity contribution in [1.29, 1.82) is 0 Å². The van der Waals surface area contributed by atoms with E-state index in [4.69, 9.17) is 4.74 Å². The van der Waals surface area contributed by atoms with Crippen molar-refractivity contribution in [3.8, 4) is 5.75 Å². The molecule has 176 valence electrons. The first-order valence-corrected chi connectivity index (χ1v) is 13.9. The average Bonchev–Trinajstić information content (AvgIpc) is 3.09. The van der Waals surface area contributed by atoms with Gasteiger partial charge in [0.05, 0.1) is 12.9 Å². The van der Waals surface area contributed by atoms with Crippen molar-refractivity contribution >= 4 is 50.4 Å². The zero-order valence-electron chi connectivity index (χ0n) is 18.9. The number of carbonyl (C=O) groups excluding carboxylic acids is 4. The van der Waals surface area contributed by atoms with Gasteiger partial charge in [0.15, 0.2) is 0 Å². The van der Waals surface area contributed by atoms with E-state index >= 15 is 0 Å². The van der Waals surface area contributed by atoms with E-state index in [0.29, 0.717) is 17.0 Å². The van der Waals surface area contributed by atoms with Gasteiger partial charge in [0.1, 0.15) is 18.3 Å². The highest BCUT2D eigenvalue weighted by atomic mass is 32.3. The topological polar surface area (TPSA) is 105 Å². The predicted molar refractivity (Wildman–Crippen MR) is 132 cm³/mol. The number of benzene rings is 2. The van der Waals surface area contributed by atoms with Crippen LogP contribution in [0.4, 0.5) is 10.5 Å². The Morgan fingerprint density at radius 3 is 2.21 bits per heavy atom. The van der Waals surface area contributed by atoms with Crippen molar-refractivity contribution in [2.24, 2.45) is 0 Å². The molecule has 2 aromatic rings. The first kappa shape index (κ1) is 24.7. The van der Waals surface area contributed by atoms with E-state index in [-0.39, 0.29) is 5.75 Å². The molecule has 33 heavy (non-hydrogen) atoms. The van der Waals surface area contributed by atoms with Crippen LogP contribution >= 0.6 is 21.8 Å². The first-order valence-electron chi connectivity index (χ1n) is 10.1. The van der Waals surface area contributed by atoms with E-state index in [1.165, 1.54) is 12.0 Å². The summed E-state index contributed by atoms with van der Waals surface area (Å²) >= 11 is 0.852. The standard InChI is InChI=1S/C23H27N3O5S2/c1-31-17-9-5-15(6-10-17)21(25-19(27)13-26-20(28)14-32-23(26)30)22(29)24-16-7-11-18(12-8-16)33(2,3)4/h5-12,21H,13-14H2,1-4H3,(H,24,29)(H,25,27). The second-order valence-corrected chi connectivity index (χ2v) is 13.2. The zero-order valence-corrected chi connectivity index (χ0v) is 20.5. The summed E-state index contributed by atoms with van der Waals surface area (Å²) in [6, 6.07) is 13.3. The quantitative estimate of drug-likeness (QED) is 0.590. The number of nitrogens with one attached hydrogen (secondary N) is 2. The lowest BCUT2D eigenvalue weighted by Crippen LogP contribution is -2.44. The summed E-state index contributed by atoms with van der Waals surface area (Å²) < 4.78 is 5.17. The van der Waals surface area contributed by atoms with Gasteiger partial charge in [-0.15, -0.1) is 0 Å². The molecule has 1 unspecified atom stereocenters. The van der Waals surface area contributed by atoms with Crippen LogP contribution in [0.1, 0.15) is 11.6 Å². The Labute approximate surface area is 198 Å². The van der Waals surface area contributed by atoms with Crippen molar-refractivity contribution < 1.29 is 23.9 Å². The Bertz CT molecular complexity index is 1030. The number of rotatable bonds is 8. The van der Waals surface area contributed by atoms with Crippen molar-refractivity contribution in [2.45, 2.75) is 10.9 Å². The third-order valence-electron chi connectivity index (χ3n) is 4.99. The second kappa shape index (κ2) is 10.3. The van der Waals surface area contributed by atoms with Gasteiger partial charge in [-0.25, -0.2) is 10.0 Å². The summed E-state index contributed by atoms with van der Waals surface area (Å²) in [5, 5.41) is 5.02. The molecule has 0 aromatic heterocycles. The Balaban J connectivity index is 1.78. The number of thioether (sulfide) groups is 1. The van der Waals surface area contributed by atoms with Gasteiger partial charge >= 0.3 is 0 Å². The van der Waals surface area contributed by atoms with Crippen LogP contribution in [-0.2, 0) is 14.4 Å². The van der Waals surface area contributed by atoms with Gasteiger partial charge in [0.25, 0.3) is 11.1 Å². The minimum atomic E-state index is -1.03. The summed E-state index contributed by atoms with van der Waals surface area (Å²) in [5.74, 6) is -0.859. The molecule has 0 spiro atoms. The molecule has 1 atom stereocenters. The van der Waals surface area contributed by atoms with Gasteiger partial charge in [0.2, 0.25) is 11.8 Å². The lowest BCUT2D eigenvalue weighted by Gasteiger charge is -2.26. The molecule has 1 aliphatic heterocycles. The van der Waals surface area contributed by atoms with Gasteiger partial charge in [-0.1, -0.05) is 23.9 Å². The Kier molecular flexibility index (Phi) is 7.70. The molecule has 3 rings (SSSR count). The molecular weight excluding hydrogens is 462 g/mol. The molecule has 1 saturated heterocycles. The number of methoxy groups -OCH3 is 1. The molecule has 1 fully saturated rings. The Morgan fingerprint density at radius 2 is 1.70 bits per heavy atom. The number of anilines is 1. The van der Waals surface area contributed by atoms with Crippen molar-refractivity contribution in [1.82, 2.24) is 10.2 Å². The van der Waals surface area contributed by atoms with Gasteiger partial charge in [-0.2, -0.15) is 0 Å². The first-order chi connectivity index (χ1) is 15.6. The maximum atomic E-state index is 13.1. The summed E-state index contributed by atoms with van der Waals surface area (Å²) in [6.45, 7) is -0.437. The molecule has 2 aromatic carbocycles. The fourth-order valence-electron chi connectivity index (χ4n) is 3.14. The van der Waals surface area contributed by atoms with Crippen LogP contribution in [0.2, 0.25) is 0 Å². The van der Waals surface area contributed by atoms with Gasteiger partial charge in [0, 0.05) is 5.69 Å². The third-order valence-corrected chi connectivity index (χ3v) is 7.53. The van der Waals surface area contributed by atoms with Gasteiger partial charge in [-0.3, -0.25) is 24.1 Å². The van der Waals surface area contributed by atoms with Crippen LogP contribution in [0.15, 0.2) is 53.4 Å². The number of ether oxygens (including phenoxy) is 1. The smallest absolute Gasteiger partial charge is 0.289 e.